The number of nitrogens with one attached hydrogen (secondary N) is 4. The molecule has 4 N–H and O–H groups in total. The Labute approximate surface area is 279 Å². The van der Waals surface area contributed by atoms with E-state index in [1.54, 1.807) is 0 Å². The molecule has 3 amide bonds. The van der Waals surface area contributed by atoms with Gasteiger partial charge in [0.2, 0.25) is 24.1 Å². The molecule has 0 saturated heterocycles. The van der Waals surface area contributed by atoms with Crippen LogP contribution in [0, 0.1) is 18.8 Å². The molecule has 2 aromatic heterocycles. The molecule has 12 heteroatoms. The van der Waals surface area contributed by atoms with Gasteiger partial charge in [-0.2, -0.15) is 0 Å². The number of hydrogen-bond donors (Lipinski definition) is 4. The normalized spacial score (nSPS) is 18.4. The Bertz CT molecular complexity index is 1710. The van der Waals surface area contributed by atoms with Gasteiger partial charge in [-0.15, -0.1) is 10.2 Å². The summed E-state index contributed by atoms with van der Waals surface area (Å²) >= 11 is 6.63. The lowest BCUT2D eigenvalue weighted by Crippen LogP contribution is -2.65. The highest BCUT2D eigenvalue weighted by Gasteiger charge is 2.47. The summed E-state index contributed by atoms with van der Waals surface area (Å²) in [6.07, 6.45) is 2.87. The van der Waals surface area contributed by atoms with Crippen molar-refractivity contribution in [3.63, 3.8) is 0 Å². The highest BCUT2D eigenvalue weighted by Crippen LogP contribution is 2.38. The van der Waals surface area contributed by atoms with Gasteiger partial charge >= 0.3 is 6.09 Å². The van der Waals surface area contributed by atoms with Crippen LogP contribution in [-0.4, -0.2) is 44.7 Å². The molecule has 11 nitrogen and oxygen atoms in total. The number of H-pyrrole nitrogens is 1. The Hall–Kier alpha value is -4.38. The first-order chi connectivity index (χ1) is 22.5. The van der Waals surface area contributed by atoms with E-state index in [2.05, 4.69) is 31.1 Å². The molecule has 2 aromatic carbocycles. The molecule has 250 valence electrons. The van der Waals surface area contributed by atoms with E-state index in [-0.39, 0.29) is 30.8 Å². The van der Waals surface area contributed by atoms with Crippen molar-refractivity contribution in [2.75, 3.05) is 0 Å². The number of aromatic nitrogens is 3. The fourth-order valence-electron chi connectivity index (χ4n) is 6.18. The molecule has 0 radical (unpaired) electrons. The Morgan fingerprint density at radius 3 is 2.51 bits per heavy atom. The quantitative estimate of drug-likeness (QED) is 0.143. The molecule has 1 aliphatic rings. The van der Waals surface area contributed by atoms with E-state index < -0.39 is 29.6 Å². The zero-order valence-corrected chi connectivity index (χ0v) is 28.2. The van der Waals surface area contributed by atoms with Crippen molar-refractivity contribution in [2.45, 2.75) is 91.0 Å². The summed E-state index contributed by atoms with van der Waals surface area (Å²) < 4.78 is 11.0. The maximum atomic E-state index is 14.6. The van der Waals surface area contributed by atoms with Crippen molar-refractivity contribution in [1.82, 2.24) is 31.1 Å². The number of aromatic amines is 1. The predicted molar refractivity (Wildman–Crippen MR) is 179 cm³/mol. The van der Waals surface area contributed by atoms with Crippen molar-refractivity contribution in [2.24, 2.45) is 11.8 Å². The molecule has 2 heterocycles. The SMILES string of the molecule is CCC(C)[C@H](NC(=O)OCc1ccccc1)C(=O)N[C@]1(C(=O)N[C@H](c2nnco2)C(C)CC)CCc2[nH]c3c(Cl)cc(C)cc3c2C1. The summed E-state index contributed by atoms with van der Waals surface area (Å²) in [5, 5.41) is 18.5. The number of alkyl carbamates (subject to hydrolysis) is 1. The zero-order chi connectivity index (χ0) is 33.7. The highest BCUT2D eigenvalue weighted by molar-refractivity contribution is 6.35. The van der Waals surface area contributed by atoms with Crippen LogP contribution in [0.5, 0.6) is 0 Å². The van der Waals surface area contributed by atoms with Crippen molar-refractivity contribution in [1.29, 1.82) is 0 Å². The van der Waals surface area contributed by atoms with E-state index in [0.717, 1.165) is 39.7 Å². The minimum atomic E-state index is -1.36. The maximum absolute atomic E-state index is 14.6. The number of halogens is 1. The van der Waals surface area contributed by atoms with E-state index in [4.69, 9.17) is 20.8 Å². The second-order valence-corrected chi connectivity index (χ2v) is 13.1. The number of fused-ring (bicyclic) bond motifs is 3. The monoisotopic (exact) mass is 662 g/mol. The fraction of sp³-hybridized carbons (Fsp3) is 0.457. The summed E-state index contributed by atoms with van der Waals surface area (Å²) in [6, 6.07) is 11.7. The summed E-state index contributed by atoms with van der Waals surface area (Å²) in [7, 11) is 0. The Morgan fingerprint density at radius 1 is 1.09 bits per heavy atom. The van der Waals surface area contributed by atoms with E-state index in [0.29, 0.717) is 30.2 Å². The molecular weight excluding hydrogens is 620 g/mol. The molecule has 4 aromatic rings. The first-order valence-electron chi connectivity index (χ1n) is 16.2. The van der Waals surface area contributed by atoms with Gasteiger partial charge in [-0.3, -0.25) is 9.59 Å². The van der Waals surface area contributed by atoms with Gasteiger partial charge in [-0.05, 0) is 60.4 Å². The number of carbonyl (C=O) groups is 3. The largest absolute Gasteiger partial charge is 0.445 e. The van der Waals surface area contributed by atoms with E-state index in [9.17, 15) is 14.4 Å². The number of ether oxygens (including phenoxy) is 1. The van der Waals surface area contributed by atoms with E-state index >= 15 is 0 Å². The number of benzene rings is 2. The first-order valence-corrected chi connectivity index (χ1v) is 16.6. The smallest absolute Gasteiger partial charge is 0.408 e. The van der Waals surface area contributed by atoms with Crippen LogP contribution in [0.25, 0.3) is 10.9 Å². The molecule has 5 atom stereocenters. The predicted octanol–water partition coefficient (Wildman–Crippen LogP) is 6.10. The molecule has 0 fully saturated rings. The van der Waals surface area contributed by atoms with Gasteiger partial charge in [-0.25, -0.2) is 4.79 Å². The third-order valence-electron chi connectivity index (χ3n) is 9.40. The number of nitrogens with zero attached hydrogens (tertiary/aromatic N) is 2. The van der Waals surface area contributed by atoms with Crippen molar-refractivity contribution in [3.8, 4) is 0 Å². The molecular formula is C35H43ClN6O5. The molecule has 0 bridgehead atoms. The molecule has 0 saturated carbocycles. The maximum Gasteiger partial charge on any atom is 0.408 e. The van der Waals surface area contributed by atoms with Gasteiger partial charge in [0, 0.05) is 17.5 Å². The van der Waals surface area contributed by atoms with Gasteiger partial charge in [0.25, 0.3) is 0 Å². The lowest BCUT2D eigenvalue weighted by atomic mass is 9.78. The van der Waals surface area contributed by atoms with Crippen LogP contribution in [-0.2, 0) is 33.8 Å². The van der Waals surface area contributed by atoms with Crippen LogP contribution < -0.4 is 16.0 Å². The Morgan fingerprint density at radius 2 is 1.83 bits per heavy atom. The lowest BCUT2D eigenvalue weighted by molar-refractivity contribution is -0.136. The topological polar surface area (TPSA) is 151 Å². The zero-order valence-electron chi connectivity index (χ0n) is 27.5. The molecule has 1 aliphatic carbocycles. The van der Waals surface area contributed by atoms with Gasteiger partial charge in [0.05, 0.1) is 10.5 Å². The van der Waals surface area contributed by atoms with Crippen LogP contribution in [0.2, 0.25) is 5.02 Å². The van der Waals surface area contributed by atoms with E-state index in [1.165, 1.54) is 6.39 Å². The van der Waals surface area contributed by atoms with Crippen LogP contribution in [0.1, 0.15) is 81.3 Å². The summed E-state index contributed by atoms with van der Waals surface area (Å²) in [5.41, 5.74) is 3.14. The standard InChI is InChI=1S/C35H43ClN6O5/c1-6-21(4)28(40-34(45)46-18-23-11-9-8-10-12-23)31(43)41-35(33(44)39-29(22(5)7-2)32-42-37-19-47-32)14-13-27-25(17-35)24-15-20(3)16-26(36)30(24)38-27/h8-12,15-16,19,21-22,28-29,38H,6-7,13-14,17-18H2,1-5H3,(H,39,44)(H,40,45)(H,41,43)/t21?,22?,28-,29-,35+/m0/s1. The van der Waals surface area contributed by atoms with Crippen LogP contribution >= 0.6 is 11.6 Å². The molecule has 5 rings (SSSR count). The van der Waals surface area contributed by atoms with Crippen molar-refractivity contribution < 1.29 is 23.5 Å². The summed E-state index contributed by atoms with van der Waals surface area (Å²) in [6.45, 7) is 9.86. The van der Waals surface area contributed by atoms with E-state index in [1.807, 2.05) is 77.1 Å². The van der Waals surface area contributed by atoms with Gasteiger partial charge in [-0.1, -0.05) is 82.5 Å². The summed E-state index contributed by atoms with van der Waals surface area (Å²) in [4.78, 5) is 45.2. The first kappa shape index (κ1) is 34.0. The average molecular weight is 663 g/mol. The third-order valence-corrected chi connectivity index (χ3v) is 9.70. The van der Waals surface area contributed by atoms with Crippen LogP contribution in [0.4, 0.5) is 4.79 Å². The third kappa shape index (κ3) is 7.45. The minimum Gasteiger partial charge on any atom is -0.445 e. The second kappa shape index (κ2) is 14.6. The van der Waals surface area contributed by atoms with Crippen LogP contribution in [0.15, 0.2) is 53.3 Å². The lowest BCUT2D eigenvalue weighted by Gasteiger charge is -2.39. The molecule has 0 spiro atoms. The van der Waals surface area contributed by atoms with Crippen molar-refractivity contribution >= 4 is 40.4 Å². The van der Waals surface area contributed by atoms with Gasteiger partial charge < -0.3 is 30.1 Å². The fourth-order valence-corrected chi connectivity index (χ4v) is 6.51. The Kier molecular flexibility index (Phi) is 10.5. The number of aryl methyl sites for hydroxylation is 2. The van der Waals surface area contributed by atoms with Crippen molar-refractivity contribution in [3.05, 3.63) is 82.2 Å². The second-order valence-electron chi connectivity index (χ2n) is 12.7. The van der Waals surface area contributed by atoms with Gasteiger partial charge in [0.15, 0.2) is 0 Å². The minimum absolute atomic E-state index is 0.0326. The van der Waals surface area contributed by atoms with Crippen LogP contribution in [0.3, 0.4) is 0 Å². The number of hydrogen-bond acceptors (Lipinski definition) is 7. The number of amides is 3. The average Bonchev–Trinajstić information content (AvgIpc) is 3.73. The highest BCUT2D eigenvalue weighted by atomic mass is 35.5. The molecule has 47 heavy (non-hydrogen) atoms. The van der Waals surface area contributed by atoms with Gasteiger partial charge in [0.1, 0.15) is 24.2 Å². The Balaban J connectivity index is 1.47. The molecule has 0 aliphatic heterocycles. The summed E-state index contributed by atoms with van der Waals surface area (Å²) in [5.74, 6) is -0.834. The molecule has 2 unspecified atom stereocenters. The number of carbonyl (C=O) groups excluding carboxylic acids is 3. The number of rotatable bonds is 12.